The maximum absolute atomic E-state index is 12.0. The average Bonchev–Trinajstić information content (AvgIpc) is 2.78. The lowest BCUT2D eigenvalue weighted by Gasteiger charge is -2.13. The van der Waals surface area contributed by atoms with E-state index < -0.39 is 6.29 Å². The van der Waals surface area contributed by atoms with Gasteiger partial charge in [0.25, 0.3) is 0 Å². The first-order valence-corrected chi connectivity index (χ1v) is 5.12. The number of benzene rings is 1. The molecule has 2 rings (SSSR count). The standard InChI is InChI=1S/C12H14O4/c1-14-12(15-2)10(13)9-5-3-4-8-6-7-16-11(8)9/h3-5,12H,6-7H2,1-2H3. The summed E-state index contributed by atoms with van der Waals surface area (Å²) in [5.41, 5.74) is 1.60. The van der Waals surface area contributed by atoms with E-state index in [2.05, 4.69) is 0 Å². The second kappa shape index (κ2) is 4.63. The summed E-state index contributed by atoms with van der Waals surface area (Å²) >= 11 is 0. The number of hydrogen-bond donors (Lipinski definition) is 0. The zero-order chi connectivity index (χ0) is 11.5. The number of carbonyl (C=O) groups is 1. The van der Waals surface area contributed by atoms with Crippen LogP contribution in [0.5, 0.6) is 5.75 Å². The minimum Gasteiger partial charge on any atom is -0.492 e. The van der Waals surface area contributed by atoms with Crippen molar-refractivity contribution in [2.24, 2.45) is 0 Å². The van der Waals surface area contributed by atoms with E-state index >= 15 is 0 Å². The van der Waals surface area contributed by atoms with E-state index in [-0.39, 0.29) is 5.78 Å². The number of ether oxygens (including phenoxy) is 3. The fraction of sp³-hybridized carbons (Fsp3) is 0.417. The molecule has 1 aromatic carbocycles. The molecule has 1 heterocycles. The SMILES string of the molecule is COC(OC)C(=O)c1cccc2c1OCC2. The molecule has 1 aliphatic heterocycles. The van der Waals surface area contributed by atoms with E-state index in [4.69, 9.17) is 14.2 Å². The molecule has 4 nitrogen and oxygen atoms in total. The predicted octanol–water partition coefficient (Wildman–Crippen LogP) is 1.42. The van der Waals surface area contributed by atoms with Crippen LogP contribution in [0.1, 0.15) is 15.9 Å². The number of para-hydroxylation sites is 1. The highest BCUT2D eigenvalue weighted by atomic mass is 16.7. The van der Waals surface area contributed by atoms with E-state index in [1.165, 1.54) is 14.2 Å². The normalized spacial score (nSPS) is 13.7. The molecule has 0 saturated carbocycles. The third-order valence-corrected chi connectivity index (χ3v) is 2.62. The summed E-state index contributed by atoms with van der Waals surface area (Å²) in [7, 11) is 2.88. The molecular weight excluding hydrogens is 208 g/mol. The van der Waals surface area contributed by atoms with Crippen LogP contribution in [0.15, 0.2) is 18.2 Å². The average molecular weight is 222 g/mol. The monoisotopic (exact) mass is 222 g/mol. The molecule has 0 spiro atoms. The highest BCUT2D eigenvalue weighted by molar-refractivity contribution is 6.01. The smallest absolute Gasteiger partial charge is 0.222 e. The van der Waals surface area contributed by atoms with Crippen molar-refractivity contribution in [1.82, 2.24) is 0 Å². The lowest BCUT2D eigenvalue weighted by atomic mass is 10.0. The van der Waals surface area contributed by atoms with Crippen LogP contribution in [0.25, 0.3) is 0 Å². The van der Waals surface area contributed by atoms with Crippen molar-refractivity contribution in [3.63, 3.8) is 0 Å². The van der Waals surface area contributed by atoms with Crippen molar-refractivity contribution < 1.29 is 19.0 Å². The molecule has 0 fully saturated rings. The third kappa shape index (κ3) is 1.81. The first kappa shape index (κ1) is 11.1. The molecule has 0 N–H and O–H groups in total. The molecule has 86 valence electrons. The van der Waals surface area contributed by atoms with Crippen molar-refractivity contribution in [2.75, 3.05) is 20.8 Å². The maximum atomic E-state index is 12.0. The zero-order valence-electron chi connectivity index (χ0n) is 9.36. The van der Waals surface area contributed by atoms with E-state index in [9.17, 15) is 4.79 Å². The van der Waals surface area contributed by atoms with Gasteiger partial charge < -0.3 is 14.2 Å². The molecule has 0 amide bonds. The van der Waals surface area contributed by atoms with Gasteiger partial charge in [-0.25, -0.2) is 0 Å². The second-order valence-corrected chi connectivity index (χ2v) is 3.56. The topological polar surface area (TPSA) is 44.8 Å². The van der Waals surface area contributed by atoms with Gasteiger partial charge in [0.15, 0.2) is 0 Å². The minimum absolute atomic E-state index is 0.205. The highest BCUT2D eigenvalue weighted by Gasteiger charge is 2.26. The molecule has 0 aliphatic carbocycles. The predicted molar refractivity (Wildman–Crippen MR) is 57.8 cm³/mol. The Morgan fingerprint density at radius 1 is 1.38 bits per heavy atom. The summed E-state index contributed by atoms with van der Waals surface area (Å²) < 4.78 is 15.4. The molecule has 0 bridgehead atoms. The Labute approximate surface area is 94.1 Å². The Morgan fingerprint density at radius 2 is 2.12 bits per heavy atom. The number of fused-ring (bicyclic) bond motifs is 1. The Hall–Kier alpha value is -1.39. The quantitative estimate of drug-likeness (QED) is 0.571. The molecule has 16 heavy (non-hydrogen) atoms. The van der Waals surface area contributed by atoms with Crippen LogP contribution in [0.3, 0.4) is 0 Å². The van der Waals surface area contributed by atoms with Crippen molar-refractivity contribution in [3.8, 4) is 5.75 Å². The van der Waals surface area contributed by atoms with Crippen LogP contribution in [0.4, 0.5) is 0 Å². The Bertz CT molecular complexity index is 396. The second-order valence-electron chi connectivity index (χ2n) is 3.56. The number of hydrogen-bond acceptors (Lipinski definition) is 4. The van der Waals surface area contributed by atoms with Crippen molar-refractivity contribution in [2.45, 2.75) is 12.7 Å². The summed E-state index contributed by atoms with van der Waals surface area (Å²) in [6.07, 6.45) is -0.0168. The number of ketones is 1. The fourth-order valence-electron chi connectivity index (χ4n) is 1.85. The molecule has 4 heteroatoms. The molecule has 0 aromatic heterocycles. The highest BCUT2D eigenvalue weighted by Crippen LogP contribution is 2.30. The van der Waals surface area contributed by atoms with Crippen LogP contribution < -0.4 is 4.74 Å². The molecule has 0 radical (unpaired) electrons. The van der Waals surface area contributed by atoms with Gasteiger partial charge in [-0.05, 0) is 11.6 Å². The summed E-state index contributed by atoms with van der Waals surface area (Å²) in [6.45, 7) is 0.629. The van der Waals surface area contributed by atoms with Crippen LogP contribution in [-0.2, 0) is 15.9 Å². The first-order valence-electron chi connectivity index (χ1n) is 5.12. The molecular formula is C12H14O4. The molecule has 1 aromatic rings. The van der Waals surface area contributed by atoms with Gasteiger partial charge in [0.1, 0.15) is 5.75 Å². The van der Waals surface area contributed by atoms with Gasteiger partial charge in [-0.1, -0.05) is 12.1 Å². The molecule has 0 saturated heterocycles. The summed E-state index contributed by atoms with van der Waals surface area (Å²) in [5, 5.41) is 0. The van der Waals surface area contributed by atoms with Crippen LogP contribution in [0.2, 0.25) is 0 Å². The number of rotatable bonds is 4. The van der Waals surface area contributed by atoms with Gasteiger partial charge in [-0.15, -0.1) is 0 Å². The van der Waals surface area contributed by atoms with E-state index in [1.54, 1.807) is 6.07 Å². The van der Waals surface area contributed by atoms with Crippen LogP contribution in [-0.4, -0.2) is 32.9 Å². The maximum Gasteiger partial charge on any atom is 0.222 e. The third-order valence-electron chi connectivity index (χ3n) is 2.62. The summed E-state index contributed by atoms with van der Waals surface area (Å²) in [4.78, 5) is 12.0. The Kier molecular flexibility index (Phi) is 3.22. The Balaban J connectivity index is 2.34. The number of methoxy groups -OCH3 is 2. The van der Waals surface area contributed by atoms with Crippen LogP contribution >= 0.6 is 0 Å². The lowest BCUT2D eigenvalue weighted by molar-refractivity contribution is -0.0743. The van der Waals surface area contributed by atoms with Gasteiger partial charge in [0, 0.05) is 20.6 Å². The van der Waals surface area contributed by atoms with E-state index in [0.717, 1.165) is 12.0 Å². The summed E-state index contributed by atoms with van der Waals surface area (Å²) in [5.74, 6) is 0.468. The number of carbonyl (C=O) groups excluding carboxylic acids is 1. The summed E-state index contributed by atoms with van der Waals surface area (Å²) in [6, 6.07) is 5.55. The molecule has 1 aliphatic rings. The van der Waals surface area contributed by atoms with Crippen molar-refractivity contribution in [3.05, 3.63) is 29.3 Å². The first-order chi connectivity index (χ1) is 7.77. The lowest BCUT2D eigenvalue weighted by Crippen LogP contribution is -2.25. The largest absolute Gasteiger partial charge is 0.492 e. The molecule has 0 atom stereocenters. The van der Waals surface area contributed by atoms with Gasteiger partial charge in [0.2, 0.25) is 12.1 Å². The minimum atomic E-state index is -0.865. The number of Topliss-reactive ketones (excluding diaryl/α,β-unsaturated/α-hetero) is 1. The molecule has 0 unspecified atom stereocenters. The van der Waals surface area contributed by atoms with Gasteiger partial charge in [0.05, 0.1) is 12.2 Å². The van der Waals surface area contributed by atoms with Gasteiger partial charge in [-0.3, -0.25) is 4.79 Å². The van der Waals surface area contributed by atoms with E-state index in [1.807, 2.05) is 12.1 Å². The van der Waals surface area contributed by atoms with Crippen LogP contribution in [0, 0.1) is 0 Å². The van der Waals surface area contributed by atoms with Gasteiger partial charge in [-0.2, -0.15) is 0 Å². The Morgan fingerprint density at radius 3 is 2.81 bits per heavy atom. The fourth-order valence-corrected chi connectivity index (χ4v) is 1.85. The van der Waals surface area contributed by atoms with Crippen molar-refractivity contribution in [1.29, 1.82) is 0 Å². The zero-order valence-corrected chi connectivity index (χ0v) is 9.36. The van der Waals surface area contributed by atoms with E-state index in [0.29, 0.717) is 17.9 Å². The van der Waals surface area contributed by atoms with Crippen molar-refractivity contribution >= 4 is 5.78 Å². The van der Waals surface area contributed by atoms with Gasteiger partial charge >= 0.3 is 0 Å².